The minimum Gasteiger partial charge on any atom is -0.315 e. The number of rotatable bonds is 7. The Morgan fingerprint density at radius 1 is 1.03 bits per heavy atom. The number of aromatic amines is 2. The number of nitrogens with one attached hydrogen (secondary N) is 4. The van der Waals surface area contributed by atoms with E-state index in [2.05, 4.69) is 45.8 Å². The third-order valence-corrected chi connectivity index (χ3v) is 8.18. The summed E-state index contributed by atoms with van der Waals surface area (Å²) >= 11 is 0. The highest BCUT2D eigenvalue weighted by Crippen LogP contribution is 2.39. The zero-order valence-corrected chi connectivity index (χ0v) is 19.6. The summed E-state index contributed by atoms with van der Waals surface area (Å²) in [5.41, 5.74) is 1.41. The zero-order valence-electron chi connectivity index (χ0n) is 18.0. The zero-order chi connectivity index (χ0) is 24.6. The normalized spacial score (nSPS) is 16.5. The van der Waals surface area contributed by atoms with Gasteiger partial charge in [-0.15, -0.1) is 10.2 Å². The van der Waals surface area contributed by atoms with Crippen molar-refractivity contribution in [1.29, 1.82) is 0 Å². The molecule has 5 rings (SSSR count). The minimum absolute atomic E-state index is 0.0965. The molecule has 2 aromatic carbocycles. The Labute approximate surface area is 199 Å². The topological polar surface area (TPSA) is 214 Å². The summed E-state index contributed by atoms with van der Waals surface area (Å²) in [6.07, 6.45) is 1.99. The summed E-state index contributed by atoms with van der Waals surface area (Å²) in [6.45, 7) is 1.07. The highest BCUT2D eigenvalue weighted by Gasteiger charge is 2.33. The van der Waals surface area contributed by atoms with E-state index in [9.17, 15) is 16.8 Å². The molecule has 0 aliphatic carbocycles. The Hall–Kier alpha value is -3.57. The van der Waals surface area contributed by atoms with Crippen molar-refractivity contribution in [2.45, 2.75) is 22.3 Å². The second kappa shape index (κ2) is 8.90. The fourth-order valence-corrected chi connectivity index (χ4v) is 6.87. The van der Waals surface area contributed by atoms with Crippen molar-refractivity contribution in [3.05, 3.63) is 42.7 Å². The molecule has 0 radical (unpaired) electrons. The number of hydrogen-bond donors (Lipinski definition) is 5. The van der Waals surface area contributed by atoms with E-state index in [1.54, 1.807) is 24.3 Å². The monoisotopic (exact) mass is 516 g/mol. The molecule has 16 heteroatoms. The molecule has 1 aliphatic heterocycles. The van der Waals surface area contributed by atoms with Crippen LogP contribution in [0.4, 0.5) is 0 Å². The quantitative estimate of drug-likeness (QED) is 0.214. The van der Waals surface area contributed by atoms with Crippen LogP contribution in [0.5, 0.6) is 0 Å². The van der Waals surface area contributed by atoms with Gasteiger partial charge >= 0.3 is 0 Å². The summed E-state index contributed by atoms with van der Waals surface area (Å²) in [6, 6.07) is 9.27. The Morgan fingerprint density at radius 3 is 2.51 bits per heavy atom. The molecule has 2 aromatic heterocycles. The van der Waals surface area contributed by atoms with Gasteiger partial charge < -0.3 is 5.32 Å². The fraction of sp³-hybridized carbons (Fsp3) is 0.211. The number of nitrogens with zero attached hydrogens (tertiary/aromatic N) is 5. The third-order valence-electron chi connectivity index (χ3n) is 5.49. The molecule has 0 saturated carbocycles. The van der Waals surface area contributed by atoms with Crippen molar-refractivity contribution < 1.29 is 16.8 Å². The minimum atomic E-state index is -4.58. The summed E-state index contributed by atoms with van der Waals surface area (Å²) in [4.78, 5) is 3.00. The number of tetrazole rings is 1. The predicted molar refractivity (Wildman–Crippen MR) is 123 cm³/mol. The van der Waals surface area contributed by atoms with Crippen LogP contribution in [-0.4, -0.2) is 71.8 Å². The standard InChI is InChI=1S/C19H20N10O4S2/c20-34(30,31)17-15(35(32,33)27-13-6-7-21-9-13)5-4-14(16(17)19-25-28-29-26-19)11-2-1-3-12(8-11)18-22-10-23-24-18/h1-5,8,10,13,21,27H,6-7,9H2,(H2,20,30,31)(H,22,23,24)(H,25,26,28,29)/t13-/m1/s1. The van der Waals surface area contributed by atoms with Crippen LogP contribution in [-0.2, 0) is 20.0 Å². The summed E-state index contributed by atoms with van der Waals surface area (Å²) in [5.74, 6) is 0.292. The summed E-state index contributed by atoms with van der Waals surface area (Å²) in [5, 5.41) is 29.0. The van der Waals surface area contributed by atoms with Crippen LogP contribution in [0, 0.1) is 0 Å². The molecule has 6 N–H and O–H groups in total. The molecule has 14 nitrogen and oxygen atoms in total. The van der Waals surface area contributed by atoms with Crippen molar-refractivity contribution in [2.75, 3.05) is 13.1 Å². The molecule has 0 bridgehead atoms. The van der Waals surface area contributed by atoms with E-state index in [1.165, 1.54) is 18.5 Å². The van der Waals surface area contributed by atoms with Crippen LogP contribution in [0.2, 0.25) is 0 Å². The maximum absolute atomic E-state index is 13.3. The Bertz CT molecular complexity index is 1560. The predicted octanol–water partition coefficient (Wildman–Crippen LogP) is -0.394. The average molecular weight is 517 g/mol. The molecule has 1 fully saturated rings. The van der Waals surface area contributed by atoms with Gasteiger partial charge in [0.15, 0.2) is 5.82 Å². The number of aromatic nitrogens is 7. The van der Waals surface area contributed by atoms with Crippen molar-refractivity contribution >= 4 is 20.0 Å². The van der Waals surface area contributed by atoms with Crippen LogP contribution in [0.3, 0.4) is 0 Å². The molecule has 1 aliphatic rings. The smallest absolute Gasteiger partial charge is 0.242 e. The summed E-state index contributed by atoms with van der Waals surface area (Å²) < 4.78 is 54.8. The highest BCUT2D eigenvalue weighted by molar-refractivity contribution is 7.92. The first-order valence-electron chi connectivity index (χ1n) is 10.4. The maximum Gasteiger partial charge on any atom is 0.242 e. The lowest BCUT2D eigenvalue weighted by atomic mass is 9.97. The van der Waals surface area contributed by atoms with Gasteiger partial charge in [0, 0.05) is 18.2 Å². The van der Waals surface area contributed by atoms with Crippen molar-refractivity contribution in [3.8, 4) is 33.9 Å². The molecule has 0 amide bonds. The van der Waals surface area contributed by atoms with Gasteiger partial charge in [0.1, 0.15) is 16.1 Å². The number of hydrogen-bond acceptors (Lipinski definition) is 10. The van der Waals surface area contributed by atoms with E-state index >= 15 is 0 Å². The van der Waals surface area contributed by atoms with E-state index in [1.807, 2.05) is 0 Å². The van der Waals surface area contributed by atoms with E-state index in [0.717, 1.165) is 0 Å². The molecule has 1 atom stereocenters. The number of sulfonamides is 2. The van der Waals surface area contributed by atoms with Gasteiger partial charge in [-0.05, 0) is 41.4 Å². The largest absolute Gasteiger partial charge is 0.315 e. The Morgan fingerprint density at radius 2 is 1.86 bits per heavy atom. The van der Waals surface area contributed by atoms with Gasteiger partial charge in [-0.2, -0.15) is 10.3 Å². The van der Waals surface area contributed by atoms with Crippen LogP contribution in [0.25, 0.3) is 33.9 Å². The van der Waals surface area contributed by atoms with Gasteiger partial charge in [0.2, 0.25) is 25.9 Å². The SMILES string of the molecule is NS(=O)(=O)c1c(S(=O)(=O)N[C@@H]2CCNC2)ccc(-c2cccc(-c3nc[nH]n3)c2)c1-c1nn[nH]n1. The van der Waals surface area contributed by atoms with E-state index in [-0.39, 0.29) is 17.4 Å². The molecule has 0 spiro atoms. The first-order chi connectivity index (χ1) is 16.7. The van der Waals surface area contributed by atoms with E-state index in [0.29, 0.717) is 42.0 Å². The third kappa shape index (κ3) is 4.56. The molecule has 3 heterocycles. The Balaban J connectivity index is 1.75. The molecule has 4 aromatic rings. The van der Waals surface area contributed by atoms with Crippen molar-refractivity contribution in [3.63, 3.8) is 0 Å². The molecule has 182 valence electrons. The first-order valence-corrected chi connectivity index (χ1v) is 13.4. The molecular weight excluding hydrogens is 496 g/mol. The summed E-state index contributed by atoms with van der Waals surface area (Å²) in [7, 11) is -8.85. The van der Waals surface area contributed by atoms with Crippen LogP contribution in [0.1, 0.15) is 6.42 Å². The maximum atomic E-state index is 13.3. The van der Waals surface area contributed by atoms with Crippen molar-refractivity contribution in [2.24, 2.45) is 5.14 Å². The lowest BCUT2D eigenvalue weighted by Crippen LogP contribution is -2.37. The van der Waals surface area contributed by atoms with Crippen LogP contribution < -0.4 is 15.2 Å². The molecule has 0 unspecified atom stereocenters. The van der Waals surface area contributed by atoms with Crippen LogP contribution >= 0.6 is 0 Å². The highest BCUT2D eigenvalue weighted by atomic mass is 32.2. The molecule has 35 heavy (non-hydrogen) atoms. The fourth-order valence-electron chi connectivity index (χ4n) is 4.00. The lowest BCUT2D eigenvalue weighted by molar-refractivity contribution is 0.555. The van der Waals surface area contributed by atoms with Crippen molar-refractivity contribution in [1.82, 2.24) is 45.8 Å². The van der Waals surface area contributed by atoms with Crippen LogP contribution in [0.15, 0.2) is 52.5 Å². The second-order valence-electron chi connectivity index (χ2n) is 7.81. The number of nitrogens with two attached hydrogens (primary N) is 1. The Kier molecular flexibility index (Phi) is 5.89. The van der Waals surface area contributed by atoms with E-state index < -0.39 is 29.8 Å². The average Bonchev–Trinajstić information content (AvgIpc) is 3.61. The van der Waals surface area contributed by atoms with Gasteiger partial charge in [-0.1, -0.05) is 24.3 Å². The molecular formula is C19H20N10O4S2. The molecule has 1 saturated heterocycles. The van der Waals surface area contributed by atoms with Gasteiger partial charge in [-0.25, -0.2) is 31.7 Å². The van der Waals surface area contributed by atoms with Gasteiger partial charge in [0.05, 0.1) is 5.56 Å². The number of H-pyrrole nitrogens is 2. The van der Waals surface area contributed by atoms with E-state index in [4.69, 9.17) is 5.14 Å². The van der Waals surface area contributed by atoms with Gasteiger partial charge in [0.25, 0.3) is 0 Å². The first kappa shape index (κ1) is 23.2. The second-order valence-corrected chi connectivity index (χ2v) is 11.0. The lowest BCUT2D eigenvalue weighted by Gasteiger charge is -2.18. The van der Waals surface area contributed by atoms with Gasteiger partial charge in [-0.3, -0.25) is 5.10 Å². The number of benzene rings is 2. The number of primary sulfonamides is 1.